The van der Waals surface area contributed by atoms with Crippen molar-refractivity contribution in [2.75, 3.05) is 13.2 Å². The summed E-state index contributed by atoms with van der Waals surface area (Å²) in [6.45, 7) is 5.73. The summed E-state index contributed by atoms with van der Waals surface area (Å²) in [5, 5.41) is 31.5. The Balaban J connectivity index is 2.72. The van der Waals surface area contributed by atoms with E-state index in [2.05, 4.69) is 106 Å². The maximum atomic E-state index is 13.1. The third kappa shape index (κ3) is 40.8. The van der Waals surface area contributed by atoms with Crippen molar-refractivity contribution in [3.63, 3.8) is 0 Å². The molecular formula is C63H104O12. The van der Waals surface area contributed by atoms with E-state index < -0.39 is 67.3 Å². The number of carbonyl (C=O) groups excluding carboxylic acids is 3. The van der Waals surface area contributed by atoms with E-state index in [-0.39, 0.29) is 25.9 Å². The summed E-state index contributed by atoms with van der Waals surface area (Å²) in [5.41, 5.74) is 0. The summed E-state index contributed by atoms with van der Waals surface area (Å²) in [6, 6.07) is 0. The first kappa shape index (κ1) is 68.9. The van der Waals surface area contributed by atoms with E-state index in [4.69, 9.17) is 23.7 Å². The second-order valence-corrected chi connectivity index (χ2v) is 19.9. The van der Waals surface area contributed by atoms with E-state index >= 15 is 0 Å². The fourth-order valence-corrected chi connectivity index (χ4v) is 8.49. The van der Waals surface area contributed by atoms with Crippen LogP contribution in [0.3, 0.4) is 0 Å². The van der Waals surface area contributed by atoms with Crippen LogP contribution in [0.4, 0.5) is 0 Å². The molecule has 1 rings (SSSR count). The molecule has 1 saturated heterocycles. The first-order chi connectivity index (χ1) is 36.6. The summed E-state index contributed by atoms with van der Waals surface area (Å²) in [4.78, 5) is 51.1. The second-order valence-electron chi connectivity index (χ2n) is 19.9. The van der Waals surface area contributed by atoms with E-state index in [0.717, 1.165) is 128 Å². The number of esters is 3. The van der Waals surface area contributed by atoms with Crippen LogP contribution in [0.2, 0.25) is 0 Å². The van der Waals surface area contributed by atoms with Gasteiger partial charge in [-0.1, -0.05) is 215 Å². The van der Waals surface area contributed by atoms with Crippen LogP contribution in [0, 0.1) is 0 Å². The van der Waals surface area contributed by atoms with Gasteiger partial charge in [-0.25, -0.2) is 4.79 Å². The first-order valence-corrected chi connectivity index (χ1v) is 29.6. The van der Waals surface area contributed by atoms with Gasteiger partial charge in [0.05, 0.1) is 6.61 Å². The number of carboxylic acid groups (broad SMARTS) is 1. The Hall–Kier alpha value is -4.10. The molecule has 3 N–H and O–H groups in total. The molecule has 0 aliphatic carbocycles. The lowest BCUT2D eigenvalue weighted by atomic mass is 9.98. The zero-order valence-corrected chi connectivity index (χ0v) is 47.0. The molecule has 1 heterocycles. The summed E-state index contributed by atoms with van der Waals surface area (Å²) in [6.07, 6.45) is 52.6. The Morgan fingerprint density at radius 1 is 0.453 bits per heavy atom. The fourth-order valence-electron chi connectivity index (χ4n) is 8.49. The fraction of sp³-hybridized carbons (Fsp3) is 0.714. The molecule has 428 valence electrons. The molecule has 1 aliphatic rings. The van der Waals surface area contributed by atoms with Crippen LogP contribution in [-0.4, -0.2) is 89.2 Å². The third-order valence-corrected chi connectivity index (χ3v) is 13.0. The van der Waals surface area contributed by atoms with Crippen molar-refractivity contribution in [3.05, 3.63) is 85.1 Å². The molecule has 6 unspecified atom stereocenters. The van der Waals surface area contributed by atoms with Crippen molar-refractivity contribution in [1.29, 1.82) is 0 Å². The number of ether oxygens (including phenoxy) is 5. The summed E-state index contributed by atoms with van der Waals surface area (Å²) < 4.78 is 28.4. The van der Waals surface area contributed by atoms with E-state index in [1.54, 1.807) is 0 Å². The van der Waals surface area contributed by atoms with Gasteiger partial charge in [0.25, 0.3) is 0 Å². The maximum absolute atomic E-state index is 13.1. The van der Waals surface area contributed by atoms with Crippen LogP contribution in [0.25, 0.3) is 0 Å². The van der Waals surface area contributed by atoms with Gasteiger partial charge >= 0.3 is 23.9 Å². The predicted molar refractivity (Wildman–Crippen MR) is 303 cm³/mol. The van der Waals surface area contributed by atoms with Gasteiger partial charge in [0.15, 0.2) is 24.6 Å². The number of rotatable bonds is 49. The van der Waals surface area contributed by atoms with Gasteiger partial charge in [0.1, 0.15) is 18.8 Å². The van der Waals surface area contributed by atoms with Crippen molar-refractivity contribution in [3.8, 4) is 0 Å². The quantitative estimate of drug-likeness (QED) is 0.0228. The zero-order chi connectivity index (χ0) is 54.7. The topological polar surface area (TPSA) is 175 Å². The second kappa shape index (κ2) is 50.7. The Morgan fingerprint density at radius 2 is 0.840 bits per heavy atom. The number of carbonyl (C=O) groups is 4. The molecule has 12 heteroatoms. The van der Waals surface area contributed by atoms with Gasteiger partial charge in [-0.3, -0.25) is 14.4 Å². The summed E-state index contributed by atoms with van der Waals surface area (Å²) in [7, 11) is 0. The van der Waals surface area contributed by atoms with Crippen molar-refractivity contribution in [2.45, 2.75) is 276 Å². The average Bonchev–Trinajstić information content (AvgIpc) is 3.39. The molecule has 0 aromatic heterocycles. The zero-order valence-electron chi connectivity index (χ0n) is 47.0. The van der Waals surface area contributed by atoms with Crippen LogP contribution >= 0.6 is 0 Å². The molecule has 0 aromatic rings. The minimum atomic E-state index is -1.91. The van der Waals surface area contributed by atoms with Gasteiger partial charge in [-0.15, -0.1) is 0 Å². The van der Waals surface area contributed by atoms with Gasteiger partial charge in [0.2, 0.25) is 0 Å². The molecule has 1 aliphatic heterocycles. The number of allylic oxidation sites excluding steroid dienone is 14. The van der Waals surface area contributed by atoms with Crippen molar-refractivity contribution < 1.29 is 58.2 Å². The van der Waals surface area contributed by atoms with Gasteiger partial charge in [0, 0.05) is 19.3 Å². The van der Waals surface area contributed by atoms with Crippen LogP contribution in [-0.2, 0) is 42.9 Å². The highest BCUT2D eigenvalue weighted by molar-refractivity contribution is 5.74. The minimum Gasteiger partial charge on any atom is -0.479 e. The molecule has 75 heavy (non-hydrogen) atoms. The SMILES string of the molecule is CC/C=C\C/C=C\C/C=C\C/C=C\CCCCCCC(=O)OCC(COC1OC(C(=O)O)C(O)C(O)C1OC(=O)CCCCCCCCCCCCCCC)OC(=O)CCCCCCC/C=C\C/C=C\C/C=C\CC. The van der Waals surface area contributed by atoms with E-state index in [0.29, 0.717) is 19.3 Å². The number of unbranched alkanes of at least 4 members (excludes halogenated alkanes) is 21. The van der Waals surface area contributed by atoms with Crippen LogP contribution in [0.15, 0.2) is 85.1 Å². The van der Waals surface area contributed by atoms with Gasteiger partial charge < -0.3 is 39.0 Å². The smallest absolute Gasteiger partial charge is 0.335 e. The van der Waals surface area contributed by atoms with Crippen molar-refractivity contribution in [2.24, 2.45) is 0 Å². The first-order valence-electron chi connectivity index (χ1n) is 29.6. The Kier molecular flexibility index (Phi) is 46.6. The van der Waals surface area contributed by atoms with Crippen LogP contribution < -0.4 is 0 Å². The highest BCUT2D eigenvalue weighted by Gasteiger charge is 2.50. The molecule has 0 aromatic carbocycles. The Labute approximate surface area is 454 Å². The molecule has 1 fully saturated rings. The van der Waals surface area contributed by atoms with Gasteiger partial charge in [-0.2, -0.15) is 0 Å². The monoisotopic (exact) mass is 1050 g/mol. The van der Waals surface area contributed by atoms with E-state index in [9.17, 15) is 34.5 Å². The number of aliphatic hydroxyl groups is 2. The van der Waals surface area contributed by atoms with Crippen LogP contribution in [0.5, 0.6) is 0 Å². The highest BCUT2D eigenvalue weighted by Crippen LogP contribution is 2.26. The molecule has 0 spiro atoms. The van der Waals surface area contributed by atoms with Crippen molar-refractivity contribution >= 4 is 23.9 Å². The standard InChI is InChI=1S/C63H104O12/c1-4-7-10-13-16-19-22-25-27-28-30-32-34-37-40-43-46-49-55(64)71-52-54(73-56(65)50-47-44-41-38-36-33-29-26-23-20-17-14-11-8-5-2)53-72-63-61(59(68)58(67)60(75-63)62(69)70)74-57(66)51-48-45-42-39-35-31-24-21-18-15-12-9-6-3/h7-8,10-11,16-17,19-20,25-27,29-30,32,54,58-61,63,67-68H,4-6,9,12-15,18,21-24,28,31,33-53H2,1-3H3,(H,69,70)/b10-7-,11-8-,19-16-,20-17-,27-25-,29-26-,32-30-. The third-order valence-electron chi connectivity index (χ3n) is 13.0. The lowest BCUT2D eigenvalue weighted by Crippen LogP contribution is -2.61. The lowest BCUT2D eigenvalue weighted by Gasteiger charge is -2.40. The average molecular weight is 1050 g/mol. The molecule has 0 amide bonds. The Bertz CT molecular complexity index is 1630. The number of carboxylic acids is 1. The van der Waals surface area contributed by atoms with E-state index in [1.807, 2.05) is 0 Å². The molecule has 6 atom stereocenters. The number of hydrogen-bond donors (Lipinski definition) is 3. The maximum Gasteiger partial charge on any atom is 0.335 e. The molecule has 0 bridgehead atoms. The largest absolute Gasteiger partial charge is 0.479 e. The summed E-state index contributed by atoms with van der Waals surface area (Å²) >= 11 is 0. The predicted octanol–water partition coefficient (Wildman–Crippen LogP) is 15.1. The summed E-state index contributed by atoms with van der Waals surface area (Å²) in [5.74, 6) is -3.17. The molecule has 12 nitrogen and oxygen atoms in total. The van der Waals surface area contributed by atoms with E-state index in [1.165, 1.54) is 51.4 Å². The molecular weight excluding hydrogens is 949 g/mol. The van der Waals surface area contributed by atoms with Crippen molar-refractivity contribution in [1.82, 2.24) is 0 Å². The number of hydrogen-bond acceptors (Lipinski definition) is 11. The Morgan fingerprint density at radius 3 is 1.28 bits per heavy atom. The molecule has 0 radical (unpaired) electrons. The van der Waals surface area contributed by atoms with Crippen LogP contribution in [0.1, 0.15) is 239 Å². The minimum absolute atomic E-state index is 0.0557. The number of aliphatic carboxylic acids is 1. The number of aliphatic hydroxyl groups excluding tert-OH is 2. The van der Waals surface area contributed by atoms with Gasteiger partial charge in [-0.05, 0) is 89.9 Å². The molecule has 0 saturated carbocycles. The lowest BCUT2D eigenvalue weighted by molar-refractivity contribution is -0.301. The highest BCUT2D eigenvalue weighted by atomic mass is 16.7. The normalized spacial score (nSPS) is 18.8.